The molecule has 0 atom stereocenters. The zero-order valence-corrected chi connectivity index (χ0v) is 14.0. The summed E-state index contributed by atoms with van der Waals surface area (Å²) in [4.78, 5) is 13.8. The molecule has 2 nitrogen and oxygen atoms in total. The first-order valence-corrected chi connectivity index (χ1v) is 6.54. The Morgan fingerprint density at radius 2 is 1.85 bits per heavy atom. The van der Waals surface area contributed by atoms with Crippen LogP contribution < -0.4 is 4.90 Å². The van der Waals surface area contributed by atoms with Crippen molar-refractivity contribution in [2.75, 3.05) is 11.4 Å². The normalized spacial score (nSPS) is 10.9. The fraction of sp³-hybridized carbons (Fsp3) is 0.533. The van der Waals surface area contributed by atoms with Gasteiger partial charge in [0.05, 0.1) is 5.69 Å². The molecule has 0 aliphatic carbocycles. The van der Waals surface area contributed by atoms with E-state index in [0.717, 1.165) is 18.9 Å². The summed E-state index contributed by atoms with van der Waals surface area (Å²) >= 11 is 0. The van der Waals surface area contributed by atoms with E-state index in [9.17, 15) is 13.6 Å². The molecule has 1 aromatic carbocycles. The number of benzene rings is 1. The number of halogens is 2. The molecule has 0 radical (unpaired) electrons. The SMILES string of the molecule is CCCCN(C(=O)C(C)(C)C)c1ccc(F)cc1F.[Ti]. The molecule has 0 spiro atoms. The molecule has 5 heteroatoms. The van der Waals surface area contributed by atoms with Crippen molar-refractivity contribution in [3.05, 3.63) is 29.8 Å². The Labute approximate surface area is 134 Å². The fourth-order valence-electron chi connectivity index (χ4n) is 1.75. The summed E-state index contributed by atoms with van der Waals surface area (Å²) < 4.78 is 26.8. The van der Waals surface area contributed by atoms with Crippen LogP contribution in [0.4, 0.5) is 14.5 Å². The van der Waals surface area contributed by atoms with E-state index in [0.29, 0.717) is 6.54 Å². The average Bonchev–Trinajstić information content (AvgIpc) is 2.30. The Kier molecular flexibility index (Phi) is 7.60. The molecule has 1 amide bonds. The number of hydrogen-bond acceptors (Lipinski definition) is 1. The first-order valence-electron chi connectivity index (χ1n) is 6.54. The summed E-state index contributed by atoms with van der Waals surface area (Å²) in [5.74, 6) is -1.50. The van der Waals surface area contributed by atoms with Gasteiger partial charge in [-0.1, -0.05) is 34.1 Å². The number of carbonyl (C=O) groups is 1. The maximum absolute atomic E-state index is 13.8. The van der Waals surface area contributed by atoms with E-state index >= 15 is 0 Å². The van der Waals surface area contributed by atoms with Gasteiger partial charge >= 0.3 is 0 Å². The van der Waals surface area contributed by atoms with Crippen LogP contribution >= 0.6 is 0 Å². The molecule has 0 heterocycles. The second kappa shape index (κ2) is 7.89. The number of carbonyl (C=O) groups excluding carboxylic acids is 1. The zero-order chi connectivity index (χ0) is 14.6. The van der Waals surface area contributed by atoms with Gasteiger partial charge in [-0.25, -0.2) is 8.78 Å². The Morgan fingerprint density at radius 3 is 2.30 bits per heavy atom. The van der Waals surface area contributed by atoms with E-state index in [-0.39, 0.29) is 33.3 Å². The van der Waals surface area contributed by atoms with Crippen LogP contribution in [0.25, 0.3) is 0 Å². The van der Waals surface area contributed by atoms with Crippen molar-refractivity contribution in [1.82, 2.24) is 0 Å². The third-order valence-corrected chi connectivity index (χ3v) is 2.82. The van der Waals surface area contributed by atoms with E-state index in [1.54, 1.807) is 20.8 Å². The summed E-state index contributed by atoms with van der Waals surface area (Å²) in [6.45, 7) is 7.80. The van der Waals surface area contributed by atoms with Gasteiger partial charge in [0.1, 0.15) is 11.6 Å². The van der Waals surface area contributed by atoms with E-state index in [1.165, 1.54) is 17.0 Å². The Hall–Kier alpha value is -0.736. The predicted octanol–water partition coefficient (Wildman–Crippen LogP) is 4.14. The molecule has 0 unspecified atom stereocenters. The molecule has 0 aromatic heterocycles. The molecule has 0 N–H and O–H groups in total. The second-order valence-corrected chi connectivity index (χ2v) is 5.66. The van der Waals surface area contributed by atoms with Gasteiger partial charge in [-0.2, -0.15) is 0 Å². The molecule has 1 rings (SSSR count). The fourth-order valence-corrected chi connectivity index (χ4v) is 1.75. The van der Waals surface area contributed by atoms with Crippen molar-refractivity contribution >= 4 is 11.6 Å². The second-order valence-electron chi connectivity index (χ2n) is 5.66. The quantitative estimate of drug-likeness (QED) is 0.764. The molecule has 0 saturated heterocycles. The minimum absolute atomic E-state index is 0. The van der Waals surface area contributed by atoms with Gasteiger partial charge in [-0.05, 0) is 18.6 Å². The average molecular weight is 317 g/mol. The summed E-state index contributed by atoms with van der Waals surface area (Å²) in [7, 11) is 0. The van der Waals surface area contributed by atoms with Crippen LogP contribution in [0.2, 0.25) is 0 Å². The van der Waals surface area contributed by atoms with E-state index < -0.39 is 17.0 Å². The summed E-state index contributed by atoms with van der Waals surface area (Å²) in [6, 6.07) is 3.31. The van der Waals surface area contributed by atoms with E-state index in [1.807, 2.05) is 6.92 Å². The van der Waals surface area contributed by atoms with Crippen molar-refractivity contribution in [3.8, 4) is 0 Å². The van der Waals surface area contributed by atoms with Gasteiger partial charge < -0.3 is 4.90 Å². The molecular formula is C15H21F2NOTi. The zero-order valence-electron chi connectivity index (χ0n) is 12.5. The topological polar surface area (TPSA) is 20.3 Å². The van der Waals surface area contributed by atoms with Crippen molar-refractivity contribution in [3.63, 3.8) is 0 Å². The standard InChI is InChI=1S/C15H21F2NO.Ti/c1-5-6-9-18(14(19)15(2,3)4)13-8-7-11(16)10-12(13)17;/h7-8,10H,5-6,9H2,1-4H3;. The van der Waals surface area contributed by atoms with Gasteiger partial charge in [-0.3, -0.25) is 4.79 Å². The number of unbranched alkanes of at least 4 members (excludes halogenated alkanes) is 1. The molecule has 110 valence electrons. The van der Waals surface area contributed by atoms with Crippen molar-refractivity contribution in [2.45, 2.75) is 40.5 Å². The number of nitrogens with zero attached hydrogens (tertiary/aromatic N) is 1. The summed E-state index contributed by atoms with van der Waals surface area (Å²) in [5.41, 5.74) is -0.455. The summed E-state index contributed by atoms with van der Waals surface area (Å²) in [5, 5.41) is 0. The first-order chi connectivity index (χ1) is 8.77. The van der Waals surface area contributed by atoms with Crippen molar-refractivity contribution in [1.29, 1.82) is 0 Å². The van der Waals surface area contributed by atoms with E-state index in [2.05, 4.69) is 0 Å². The molecule has 0 fully saturated rings. The van der Waals surface area contributed by atoms with E-state index in [4.69, 9.17) is 0 Å². The van der Waals surface area contributed by atoms with Crippen LogP contribution in [0.1, 0.15) is 40.5 Å². The van der Waals surface area contributed by atoms with Crippen LogP contribution in [0.15, 0.2) is 18.2 Å². The number of anilines is 1. The molecule has 0 bridgehead atoms. The van der Waals surface area contributed by atoms with Gasteiger partial charge in [0.25, 0.3) is 0 Å². The largest absolute Gasteiger partial charge is 0.309 e. The molecule has 0 saturated carbocycles. The van der Waals surface area contributed by atoms with Gasteiger partial charge in [0, 0.05) is 39.7 Å². The molecule has 0 aliphatic heterocycles. The number of hydrogen-bond donors (Lipinski definition) is 0. The third-order valence-electron chi connectivity index (χ3n) is 2.82. The Morgan fingerprint density at radius 1 is 1.25 bits per heavy atom. The summed E-state index contributed by atoms with van der Waals surface area (Å²) in [6.07, 6.45) is 1.68. The molecule has 20 heavy (non-hydrogen) atoms. The van der Waals surface area contributed by atoms with Crippen LogP contribution in [0.5, 0.6) is 0 Å². The third kappa shape index (κ3) is 4.99. The van der Waals surface area contributed by atoms with Crippen LogP contribution in [0.3, 0.4) is 0 Å². The predicted molar refractivity (Wildman–Crippen MR) is 73.1 cm³/mol. The minimum Gasteiger partial charge on any atom is -0.309 e. The van der Waals surface area contributed by atoms with Gasteiger partial charge in [0.2, 0.25) is 5.91 Å². The monoisotopic (exact) mass is 317 g/mol. The Bertz CT molecular complexity index is 458. The van der Waals surface area contributed by atoms with Gasteiger partial charge in [0.15, 0.2) is 0 Å². The number of amides is 1. The minimum atomic E-state index is -0.700. The number of rotatable bonds is 4. The maximum atomic E-state index is 13.8. The van der Waals surface area contributed by atoms with Crippen LogP contribution in [0, 0.1) is 17.0 Å². The smallest absolute Gasteiger partial charge is 0.232 e. The molecule has 0 aliphatic rings. The van der Waals surface area contributed by atoms with Crippen LogP contribution in [-0.4, -0.2) is 12.5 Å². The van der Waals surface area contributed by atoms with Crippen molar-refractivity contribution in [2.24, 2.45) is 5.41 Å². The maximum Gasteiger partial charge on any atom is 0.232 e. The van der Waals surface area contributed by atoms with Gasteiger partial charge in [-0.15, -0.1) is 0 Å². The molecule has 1 aromatic rings. The van der Waals surface area contributed by atoms with Crippen molar-refractivity contribution < 1.29 is 35.3 Å². The first kappa shape index (κ1) is 19.3. The van der Waals surface area contributed by atoms with Crippen LogP contribution in [-0.2, 0) is 26.5 Å². The Balaban J connectivity index is 0.00000361. The molecular weight excluding hydrogens is 296 g/mol.